The summed E-state index contributed by atoms with van der Waals surface area (Å²) in [4.78, 5) is 23.3. The molecular formula is C21H18ClNO8S. The molecule has 1 aliphatic carbocycles. The lowest BCUT2D eigenvalue weighted by Gasteiger charge is -2.16. The van der Waals surface area contributed by atoms with E-state index in [-0.39, 0.29) is 28.6 Å². The average Bonchev–Trinajstić information content (AvgIpc) is 3.30. The number of carbonyl (C=O) groups excluding carboxylic acids is 2. The number of sulfone groups is 1. The summed E-state index contributed by atoms with van der Waals surface area (Å²) in [7, 11) is -4.01. The lowest BCUT2D eigenvalue weighted by Crippen LogP contribution is -2.33. The van der Waals surface area contributed by atoms with Crippen molar-refractivity contribution >= 4 is 33.5 Å². The number of amides is 1. The number of hydroxylamine groups is 2. The first-order valence-electron chi connectivity index (χ1n) is 9.50. The molecule has 2 unspecified atom stereocenters. The molecule has 0 bridgehead atoms. The quantitative estimate of drug-likeness (QED) is 0.365. The highest BCUT2D eigenvalue weighted by molar-refractivity contribution is 7.91. The van der Waals surface area contributed by atoms with Crippen molar-refractivity contribution in [3.05, 3.63) is 70.8 Å². The number of hydrogen-bond acceptors (Lipinski definition) is 8. The molecule has 1 saturated heterocycles. The molecule has 2 aromatic rings. The fraction of sp³-hybridized carbons (Fsp3) is 0.238. The van der Waals surface area contributed by atoms with Crippen LogP contribution >= 0.6 is 11.6 Å². The smallest absolute Gasteiger partial charge is 0.489 e. The summed E-state index contributed by atoms with van der Waals surface area (Å²) in [5, 5.41) is 10.8. The molecule has 32 heavy (non-hydrogen) atoms. The Bertz CT molecular complexity index is 1160. The van der Waals surface area contributed by atoms with Crippen molar-refractivity contribution in [3.63, 3.8) is 0 Å². The van der Waals surface area contributed by atoms with E-state index in [9.17, 15) is 23.2 Å². The van der Waals surface area contributed by atoms with Gasteiger partial charge in [0.1, 0.15) is 12.4 Å². The molecule has 1 aliphatic heterocycles. The summed E-state index contributed by atoms with van der Waals surface area (Å²) in [6.45, 7) is 0.276. The Kier molecular flexibility index (Phi) is 6.09. The summed E-state index contributed by atoms with van der Waals surface area (Å²) in [5.74, 6) is -1.39. The summed E-state index contributed by atoms with van der Waals surface area (Å²) >= 11 is 5.84. The van der Waals surface area contributed by atoms with E-state index >= 15 is 0 Å². The molecule has 0 spiro atoms. The van der Waals surface area contributed by atoms with Crippen molar-refractivity contribution in [2.24, 2.45) is 0 Å². The van der Waals surface area contributed by atoms with E-state index in [0.717, 1.165) is 5.56 Å². The van der Waals surface area contributed by atoms with Gasteiger partial charge in [0.15, 0.2) is 27.9 Å². The Hall–Kier alpha value is -3.08. The molecule has 0 radical (unpaired) electrons. The number of fused-ring (bicyclic) bond motifs is 1. The average molecular weight is 480 g/mol. The van der Waals surface area contributed by atoms with Crippen LogP contribution in [0.2, 0.25) is 5.02 Å². The Morgan fingerprint density at radius 1 is 1.12 bits per heavy atom. The maximum atomic E-state index is 12.6. The highest BCUT2D eigenvalue weighted by Crippen LogP contribution is 2.31. The molecule has 9 nitrogen and oxygen atoms in total. The number of carbonyl (C=O) groups is 2. The van der Waals surface area contributed by atoms with E-state index < -0.39 is 40.0 Å². The number of rotatable bonds is 7. The summed E-state index contributed by atoms with van der Waals surface area (Å²) < 4.78 is 40.6. The number of nitrogens with zero attached hydrogens (tertiary/aromatic N) is 1. The van der Waals surface area contributed by atoms with Crippen LogP contribution in [0.3, 0.4) is 0 Å². The summed E-state index contributed by atoms with van der Waals surface area (Å²) in [5.41, 5.74) is 1.00. The zero-order chi connectivity index (χ0) is 22.9. The van der Waals surface area contributed by atoms with Crippen molar-refractivity contribution < 1.29 is 37.4 Å². The maximum Gasteiger partial charge on any atom is 0.509 e. The van der Waals surface area contributed by atoms with E-state index in [2.05, 4.69) is 0 Å². The molecule has 1 amide bonds. The molecule has 1 fully saturated rings. The van der Waals surface area contributed by atoms with Crippen molar-refractivity contribution in [2.45, 2.75) is 30.1 Å². The Balaban J connectivity index is 1.35. The molecule has 2 aliphatic rings. The predicted octanol–water partition coefficient (Wildman–Crippen LogP) is 3.10. The predicted molar refractivity (Wildman–Crippen MR) is 111 cm³/mol. The Morgan fingerprint density at radius 3 is 2.47 bits per heavy atom. The lowest BCUT2D eigenvalue weighted by molar-refractivity contribution is -0.156. The fourth-order valence-electron chi connectivity index (χ4n) is 3.30. The topological polar surface area (TPSA) is 119 Å². The number of ether oxygens (including phenoxy) is 3. The van der Waals surface area contributed by atoms with Gasteiger partial charge in [-0.3, -0.25) is 10.0 Å². The van der Waals surface area contributed by atoms with Crippen LogP contribution in [0, 0.1) is 0 Å². The van der Waals surface area contributed by atoms with Gasteiger partial charge in [-0.25, -0.2) is 18.3 Å². The third-order valence-corrected chi connectivity index (χ3v) is 6.76. The van der Waals surface area contributed by atoms with Crippen LogP contribution in [0.5, 0.6) is 5.75 Å². The third kappa shape index (κ3) is 4.87. The van der Waals surface area contributed by atoms with Crippen molar-refractivity contribution in [1.29, 1.82) is 0 Å². The number of benzene rings is 2. The second-order valence-electron chi connectivity index (χ2n) is 7.22. The van der Waals surface area contributed by atoms with E-state index in [1.54, 1.807) is 12.1 Å². The molecular weight excluding hydrogens is 462 g/mol. The first-order chi connectivity index (χ1) is 15.2. The zero-order valence-corrected chi connectivity index (χ0v) is 18.1. The van der Waals surface area contributed by atoms with E-state index in [0.29, 0.717) is 10.8 Å². The van der Waals surface area contributed by atoms with Crippen LogP contribution in [0.15, 0.2) is 65.1 Å². The van der Waals surface area contributed by atoms with Crippen LogP contribution in [0.1, 0.15) is 12.0 Å². The molecule has 1 heterocycles. The van der Waals surface area contributed by atoms with Gasteiger partial charge in [-0.2, -0.15) is 0 Å². The largest absolute Gasteiger partial charge is 0.509 e. The van der Waals surface area contributed by atoms with Crippen LogP contribution < -0.4 is 4.74 Å². The molecule has 2 aromatic carbocycles. The van der Waals surface area contributed by atoms with Gasteiger partial charge in [-0.05, 0) is 48.0 Å². The van der Waals surface area contributed by atoms with Gasteiger partial charge in [0.2, 0.25) is 0 Å². The normalized spacial score (nSPS) is 19.6. The van der Waals surface area contributed by atoms with Gasteiger partial charge in [-0.1, -0.05) is 23.7 Å². The lowest BCUT2D eigenvalue weighted by atomic mass is 10.2. The first-order valence-corrected chi connectivity index (χ1v) is 11.5. The van der Waals surface area contributed by atoms with Gasteiger partial charge in [-0.15, -0.1) is 0 Å². The van der Waals surface area contributed by atoms with Gasteiger partial charge in [0.25, 0.3) is 5.91 Å². The van der Waals surface area contributed by atoms with Gasteiger partial charge in [0, 0.05) is 17.0 Å². The second kappa shape index (κ2) is 8.81. The molecule has 2 atom stereocenters. The van der Waals surface area contributed by atoms with Crippen LogP contribution in [0.25, 0.3) is 0 Å². The molecule has 0 aromatic heterocycles. The van der Waals surface area contributed by atoms with E-state index in [4.69, 9.17) is 25.8 Å². The molecule has 168 valence electrons. The molecule has 11 heteroatoms. The maximum absolute atomic E-state index is 12.6. The van der Waals surface area contributed by atoms with Gasteiger partial charge >= 0.3 is 6.16 Å². The van der Waals surface area contributed by atoms with E-state index in [1.807, 2.05) is 12.1 Å². The van der Waals surface area contributed by atoms with Gasteiger partial charge < -0.3 is 14.2 Å². The van der Waals surface area contributed by atoms with Crippen molar-refractivity contribution in [2.75, 3.05) is 5.88 Å². The SMILES string of the molecule is O=C1OC2C=C(C(=O)N(O)CS(=O)(=O)c3ccc(OCc4ccc(Cl)cc4)cc3)CC2O1. The van der Waals surface area contributed by atoms with E-state index in [1.165, 1.54) is 30.3 Å². The Morgan fingerprint density at radius 2 is 1.81 bits per heavy atom. The van der Waals surface area contributed by atoms with Gasteiger partial charge in [0.05, 0.1) is 4.90 Å². The Labute approximate surface area is 188 Å². The number of hydrogen-bond donors (Lipinski definition) is 1. The molecule has 1 N–H and O–H groups in total. The van der Waals surface area contributed by atoms with Crippen LogP contribution in [-0.2, 0) is 30.7 Å². The molecule has 0 saturated carbocycles. The third-order valence-electron chi connectivity index (χ3n) is 4.94. The van der Waals surface area contributed by atoms with Crippen LogP contribution in [-0.4, -0.2) is 48.8 Å². The molecule has 4 rings (SSSR count). The minimum Gasteiger partial charge on any atom is -0.489 e. The minimum absolute atomic E-state index is 0.0337. The monoisotopic (exact) mass is 479 g/mol. The summed E-state index contributed by atoms with van der Waals surface area (Å²) in [6, 6.07) is 12.7. The fourth-order valence-corrected chi connectivity index (χ4v) is 4.56. The minimum atomic E-state index is -4.01. The first kappa shape index (κ1) is 22.1. The standard InChI is InChI=1S/C21H18ClNO8S/c22-15-3-1-13(2-4-15)11-29-16-5-7-17(8-6-16)32(27,28)12-23(26)20(24)14-9-18-19(10-14)31-21(25)30-18/h1-9,18-19,26H,10-12H2. The highest BCUT2D eigenvalue weighted by atomic mass is 35.5. The number of halogens is 1. The second-order valence-corrected chi connectivity index (χ2v) is 9.62. The zero-order valence-electron chi connectivity index (χ0n) is 16.5. The van der Waals surface area contributed by atoms with Crippen molar-refractivity contribution in [1.82, 2.24) is 5.06 Å². The van der Waals surface area contributed by atoms with Crippen LogP contribution in [0.4, 0.5) is 4.79 Å². The highest BCUT2D eigenvalue weighted by Gasteiger charge is 2.42. The van der Waals surface area contributed by atoms with Crippen molar-refractivity contribution in [3.8, 4) is 5.75 Å². The summed E-state index contributed by atoms with van der Waals surface area (Å²) in [6.07, 6.45) is -0.808.